The van der Waals surface area contributed by atoms with Crippen LogP contribution in [0.1, 0.15) is 65.6 Å². The minimum atomic E-state index is -4.97. The van der Waals surface area contributed by atoms with Crippen LogP contribution in [0, 0.1) is 11.8 Å². The molecule has 5 heterocycles. The first kappa shape index (κ1) is 54.2. The zero-order valence-corrected chi connectivity index (χ0v) is 41.9. The van der Waals surface area contributed by atoms with Crippen LogP contribution in [0.25, 0.3) is 0 Å². The van der Waals surface area contributed by atoms with Crippen LogP contribution in [0.3, 0.4) is 0 Å². The highest BCUT2D eigenvalue weighted by atomic mass is 31.2. The van der Waals surface area contributed by atoms with Gasteiger partial charge in [-0.1, -0.05) is 36.6 Å². The van der Waals surface area contributed by atoms with E-state index in [1.165, 1.54) is 42.5 Å². The number of benzene rings is 3. The average molecular weight is 1070 g/mol. The number of aromatic nitrogens is 2. The highest BCUT2D eigenvalue weighted by molar-refractivity contribution is 7.70. The number of hydrogen-bond donors (Lipinski definition) is 4. The lowest BCUT2D eigenvalue weighted by Crippen LogP contribution is -2.53. The van der Waals surface area contributed by atoms with Crippen molar-refractivity contribution in [3.8, 4) is 17.6 Å². The number of imide groups is 1. The molecule has 1 unspecified atom stereocenters. The van der Waals surface area contributed by atoms with Crippen molar-refractivity contribution in [1.29, 1.82) is 0 Å². The largest absolute Gasteiger partial charge is 0.482 e. The van der Waals surface area contributed by atoms with Gasteiger partial charge in [-0.05, 0) is 81.5 Å². The molecular weight excluding hydrogens is 1010 g/mol. The fourth-order valence-corrected chi connectivity index (χ4v) is 10.8. The van der Waals surface area contributed by atoms with Gasteiger partial charge >= 0.3 is 12.4 Å². The van der Waals surface area contributed by atoms with Crippen LogP contribution in [0.2, 0.25) is 0 Å². The molecule has 24 heteroatoms. The summed E-state index contributed by atoms with van der Waals surface area (Å²) in [5.74, 6) is 1.06. The summed E-state index contributed by atoms with van der Waals surface area (Å²) >= 11 is 0. The second-order valence-corrected chi connectivity index (χ2v) is 22.1. The molecule has 4 aromatic rings. The Bertz CT molecular complexity index is 2980. The van der Waals surface area contributed by atoms with Crippen LogP contribution in [0.4, 0.5) is 65.2 Å². The molecule has 8 rings (SSSR count). The maximum Gasteiger partial charge on any atom is 0.422 e. The SMILES string of the molecule is C=C(F)C(=O)Nc1cc(Nc2ncc(C(F)(F)F)c(Nc3ccccc3P(C)(C)=O)n2)c(OCC(F)(F)F)cc1N1CCC(N2CCN(CCCC#Cc3cccc4c3CN(C3CCC(=O)NC3=O)C4=O)CC2)CC1. The Kier molecular flexibility index (Phi) is 16.2. The van der Waals surface area contributed by atoms with Crippen molar-refractivity contribution in [2.45, 2.75) is 69.5 Å². The number of ether oxygens (including phenoxy) is 1. The normalized spacial score (nSPS) is 18.0. The predicted octanol–water partition coefficient (Wildman–Crippen LogP) is 7.77. The summed E-state index contributed by atoms with van der Waals surface area (Å²) in [5, 5.41) is 10.2. The number of piperidine rings is 2. The van der Waals surface area contributed by atoms with Crippen molar-refractivity contribution in [3.05, 3.63) is 95.5 Å². The van der Waals surface area contributed by atoms with Crippen molar-refractivity contribution in [3.63, 3.8) is 0 Å². The summed E-state index contributed by atoms with van der Waals surface area (Å²) in [6.45, 7) is 9.16. The van der Waals surface area contributed by atoms with E-state index in [0.29, 0.717) is 44.1 Å². The molecular formula is C51H54F7N10O6P. The first-order valence-electron chi connectivity index (χ1n) is 24.2. The number of alkyl halides is 6. The van der Waals surface area contributed by atoms with Crippen molar-refractivity contribution < 1.29 is 59.2 Å². The Morgan fingerprint density at radius 2 is 1.65 bits per heavy atom. The number of unbranched alkanes of at least 4 members (excludes halogenated alkanes) is 1. The van der Waals surface area contributed by atoms with E-state index in [9.17, 15) is 54.5 Å². The maximum atomic E-state index is 14.3. The molecule has 398 valence electrons. The zero-order valence-electron chi connectivity index (χ0n) is 41.0. The number of anilines is 6. The predicted molar refractivity (Wildman–Crippen MR) is 268 cm³/mol. The lowest BCUT2D eigenvalue weighted by atomic mass is 10.0. The lowest BCUT2D eigenvalue weighted by Gasteiger charge is -2.43. The highest BCUT2D eigenvalue weighted by Gasteiger charge is 2.40. The van der Waals surface area contributed by atoms with E-state index in [-0.39, 0.29) is 65.3 Å². The van der Waals surface area contributed by atoms with Gasteiger partial charge in [0, 0.05) is 93.4 Å². The number of halogens is 7. The quantitative estimate of drug-likeness (QED) is 0.0227. The van der Waals surface area contributed by atoms with Gasteiger partial charge in [0.2, 0.25) is 17.8 Å². The van der Waals surface area contributed by atoms with Gasteiger partial charge < -0.3 is 40.0 Å². The second-order valence-electron chi connectivity index (χ2n) is 18.9. The summed E-state index contributed by atoms with van der Waals surface area (Å²) in [5.41, 5.74) is 0.579. The van der Waals surface area contributed by atoms with Crippen LogP contribution in [-0.2, 0) is 31.7 Å². The van der Waals surface area contributed by atoms with Gasteiger partial charge in [0.25, 0.3) is 11.8 Å². The maximum absolute atomic E-state index is 14.3. The third-order valence-electron chi connectivity index (χ3n) is 13.4. The number of hydrogen-bond acceptors (Lipinski definition) is 13. The second kappa shape index (κ2) is 22.4. The number of amides is 4. The van der Waals surface area contributed by atoms with E-state index >= 15 is 0 Å². The molecule has 4 N–H and O–H groups in total. The fourth-order valence-electron chi connectivity index (χ4n) is 9.61. The molecule has 3 aromatic carbocycles. The zero-order chi connectivity index (χ0) is 53.8. The Labute approximate surface area is 427 Å². The van der Waals surface area contributed by atoms with Gasteiger partial charge in [-0.2, -0.15) is 31.3 Å². The lowest BCUT2D eigenvalue weighted by molar-refractivity contribution is -0.153. The number of nitrogens with one attached hydrogen (secondary N) is 4. The van der Waals surface area contributed by atoms with Gasteiger partial charge in [0.1, 0.15) is 30.3 Å². The minimum Gasteiger partial charge on any atom is -0.482 e. The van der Waals surface area contributed by atoms with Gasteiger partial charge in [0.15, 0.2) is 12.4 Å². The third-order valence-corrected chi connectivity index (χ3v) is 14.9. The van der Waals surface area contributed by atoms with Crippen LogP contribution in [0.15, 0.2) is 73.2 Å². The van der Waals surface area contributed by atoms with Crippen molar-refractivity contribution in [1.82, 2.24) is 30.0 Å². The first-order valence-corrected chi connectivity index (χ1v) is 26.8. The number of carbonyl (C=O) groups is 4. The number of fused-ring (bicyclic) bond motifs is 1. The van der Waals surface area contributed by atoms with Gasteiger partial charge in [-0.25, -0.2) is 9.37 Å². The Balaban J connectivity index is 0.911. The first-order chi connectivity index (χ1) is 35.5. The molecule has 0 bridgehead atoms. The summed E-state index contributed by atoms with van der Waals surface area (Å²) < 4.78 is 116. The molecule has 4 aliphatic heterocycles. The molecule has 0 aliphatic carbocycles. The Hall–Kier alpha value is -7.02. The molecule has 4 aliphatic rings. The Morgan fingerprint density at radius 3 is 2.33 bits per heavy atom. The van der Waals surface area contributed by atoms with Gasteiger partial charge in [-0.3, -0.25) is 29.4 Å². The number of rotatable bonds is 15. The monoisotopic (exact) mass is 1070 g/mol. The number of nitrogens with zero attached hydrogens (tertiary/aromatic N) is 6. The molecule has 3 fully saturated rings. The van der Waals surface area contributed by atoms with E-state index in [0.717, 1.165) is 56.3 Å². The number of carbonyl (C=O) groups excluding carboxylic acids is 4. The molecule has 3 saturated heterocycles. The molecule has 16 nitrogen and oxygen atoms in total. The van der Waals surface area contributed by atoms with Crippen LogP contribution in [-0.4, -0.2) is 132 Å². The average Bonchev–Trinajstić information content (AvgIpc) is 3.69. The number of piperazine rings is 1. The van der Waals surface area contributed by atoms with Crippen LogP contribution < -0.4 is 36.2 Å². The minimum absolute atomic E-state index is 0.0647. The van der Waals surface area contributed by atoms with E-state index < -0.39 is 72.9 Å². The van der Waals surface area contributed by atoms with E-state index in [1.807, 2.05) is 11.0 Å². The topological polar surface area (TPSA) is 181 Å². The van der Waals surface area contributed by atoms with Crippen LogP contribution >= 0.6 is 7.14 Å². The van der Waals surface area contributed by atoms with Crippen molar-refractivity contribution in [2.75, 3.05) is 86.6 Å². The molecule has 1 atom stereocenters. The molecule has 75 heavy (non-hydrogen) atoms. The van der Waals surface area contributed by atoms with Crippen molar-refractivity contribution >= 4 is 70.6 Å². The van der Waals surface area contributed by atoms with Gasteiger partial charge in [0.05, 0.1) is 22.7 Å². The van der Waals surface area contributed by atoms with Crippen molar-refractivity contribution in [2.24, 2.45) is 0 Å². The standard InChI is InChI=1S/C51H54F7N10O6P/c1-31(52)46(70)61-38-26-39(62-49-59-28-36(51(56,57)58)45(64-49)60-37-13-6-7-14-43(37)75(2,3)73)42(74-30-50(53,54)55)27-41(38)67-20-17-33(18-21-67)66-24-22-65(23-25-66)19-8-4-5-10-32-11-9-12-34-35(32)29-68(48(34)72)40-15-16-44(69)63-47(40)71/h6-7,9,11-14,26-28,33,40H,1,4,8,15-25,29-30H2,2-3H3,(H,61,70)(H,63,69,71)(H2,59,60,62,64). The molecule has 0 spiro atoms. The van der Waals surface area contributed by atoms with Gasteiger partial charge in [-0.15, -0.1) is 0 Å². The number of para-hydroxylation sites is 1. The highest BCUT2D eigenvalue weighted by Crippen LogP contribution is 2.43. The smallest absolute Gasteiger partial charge is 0.422 e. The summed E-state index contributed by atoms with van der Waals surface area (Å²) in [6, 6.07) is 13.2. The summed E-state index contributed by atoms with van der Waals surface area (Å²) in [7, 11) is -3.03. The summed E-state index contributed by atoms with van der Waals surface area (Å²) in [4.78, 5) is 66.0. The molecule has 0 radical (unpaired) electrons. The van der Waals surface area contributed by atoms with Crippen LogP contribution in [0.5, 0.6) is 5.75 Å². The van der Waals surface area contributed by atoms with E-state index in [4.69, 9.17) is 4.74 Å². The molecule has 0 saturated carbocycles. The van der Waals surface area contributed by atoms with E-state index in [1.54, 1.807) is 18.2 Å². The Morgan fingerprint density at radius 1 is 0.920 bits per heavy atom. The fraction of sp³-hybridized carbons (Fsp3) is 0.412. The molecule has 1 aromatic heterocycles. The molecule has 4 amide bonds. The third kappa shape index (κ3) is 13.3. The van der Waals surface area contributed by atoms with E-state index in [2.05, 4.69) is 59.5 Å². The summed E-state index contributed by atoms with van der Waals surface area (Å²) in [6.07, 6.45) is -6.20.